The first-order valence-electron chi connectivity index (χ1n) is 26.3. The molecule has 0 aliphatic carbocycles. The molecule has 68 heavy (non-hydrogen) atoms. The van der Waals surface area contributed by atoms with Gasteiger partial charge in [0.15, 0.2) is 0 Å². The minimum atomic E-state index is -0.782. The predicted octanol–water partition coefficient (Wildman–Crippen LogP) is 8.90. The molecule has 2 amide bonds. The first-order valence-corrected chi connectivity index (χ1v) is 26.3. The third kappa shape index (κ3) is 41.2. The lowest BCUT2D eigenvalue weighted by molar-refractivity contribution is -0.157. The molecule has 0 fully saturated rings. The van der Waals surface area contributed by atoms with Gasteiger partial charge in [-0.2, -0.15) is 0 Å². The van der Waals surface area contributed by atoms with Gasteiger partial charge in [0, 0.05) is 58.2 Å². The van der Waals surface area contributed by atoms with E-state index in [1.807, 2.05) is 31.1 Å². The molecular formula is C53H95N3O12. The monoisotopic (exact) mass is 966 g/mol. The van der Waals surface area contributed by atoms with E-state index in [4.69, 9.17) is 14.2 Å². The summed E-state index contributed by atoms with van der Waals surface area (Å²) in [5, 5.41) is 27.3. The van der Waals surface area contributed by atoms with E-state index < -0.39 is 36.4 Å². The lowest BCUT2D eigenvalue weighted by Crippen LogP contribution is -2.34. The molecule has 0 aromatic carbocycles. The second-order valence-corrected chi connectivity index (χ2v) is 18.2. The molecule has 0 heterocycles. The molecule has 0 bridgehead atoms. The summed E-state index contributed by atoms with van der Waals surface area (Å²) in [6.45, 7) is 5.99. The summed E-state index contributed by atoms with van der Waals surface area (Å²) in [5.74, 6) is -1.49. The highest BCUT2D eigenvalue weighted by molar-refractivity contribution is 5.77. The first kappa shape index (κ1) is 64.2. The number of carbonyl (C=O) groups is 6. The number of hydrogen-bond acceptors (Lipinski definition) is 13. The van der Waals surface area contributed by atoms with Gasteiger partial charge < -0.3 is 44.7 Å². The number of amides is 2. The van der Waals surface area contributed by atoms with Crippen LogP contribution in [0.15, 0.2) is 24.3 Å². The highest BCUT2D eigenvalue weighted by Gasteiger charge is 2.24. The van der Waals surface area contributed by atoms with Crippen LogP contribution in [-0.4, -0.2) is 123 Å². The number of allylic oxidation sites excluding steroid dienone is 2. The summed E-state index contributed by atoms with van der Waals surface area (Å²) in [6.07, 6.45) is 26.9. The van der Waals surface area contributed by atoms with E-state index in [9.17, 15) is 39.0 Å². The summed E-state index contributed by atoms with van der Waals surface area (Å²) in [4.78, 5) is 74.4. The van der Waals surface area contributed by atoms with Crippen molar-refractivity contribution in [2.24, 2.45) is 0 Å². The molecule has 4 N–H and O–H groups in total. The van der Waals surface area contributed by atoms with Gasteiger partial charge in [-0.25, -0.2) is 0 Å². The van der Waals surface area contributed by atoms with Gasteiger partial charge in [0.1, 0.15) is 18.8 Å². The van der Waals surface area contributed by atoms with Gasteiger partial charge in [0.25, 0.3) is 0 Å². The number of methoxy groups -OCH3 is 1. The Morgan fingerprint density at radius 2 is 0.912 bits per heavy atom. The number of ether oxygens (including phenoxy) is 4. The number of aliphatic hydroxyl groups is 2. The Bertz CT molecular complexity index is 1370. The Morgan fingerprint density at radius 3 is 1.34 bits per heavy atom. The fraction of sp³-hybridized carbons (Fsp3) is 0.811. The molecule has 0 aliphatic rings. The number of unbranched alkanes of at least 4 members (excludes halogenated alkanes) is 14. The normalized spacial score (nSPS) is 13.3. The zero-order chi connectivity index (χ0) is 50.5. The van der Waals surface area contributed by atoms with Crippen molar-refractivity contribution in [2.75, 3.05) is 47.4 Å². The van der Waals surface area contributed by atoms with Crippen LogP contribution in [0.1, 0.15) is 206 Å². The predicted molar refractivity (Wildman–Crippen MR) is 267 cm³/mol. The van der Waals surface area contributed by atoms with Gasteiger partial charge in [-0.15, -0.1) is 0 Å². The van der Waals surface area contributed by atoms with Crippen molar-refractivity contribution in [1.29, 1.82) is 0 Å². The molecule has 394 valence electrons. The number of hydrogen-bond donors (Lipinski definition) is 4. The smallest absolute Gasteiger partial charge is 0.306 e. The Balaban J connectivity index is 4.02. The average Bonchev–Trinajstić information content (AvgIpc) is 3.30. The molecule has 0 rings (SSSR count). The molecule has 15 heteroatoms. The number of aliphatic hydroxyl groups excluding tert-OH is 2. The first-order chi connectivity index (χ1) is 32.8. The molecule has 15 nitrogen and oxygen atoms in total. The van der Waals surface area contributed by atoms with Crippen LogP contribution in [0.25, 0.3) is 0 Å². The number of carbonyl (C=O) groups excluding carboxylic acids is 6. The molecule has 0 saturated heterocycles. The van der Waals surface area contributed by atoms with Crippen LogP contribution in [0.3, 0.4) is 0 Å². The molecule has 0 spiro atoms. The Labute approximate surface area is 410 Å². The lowest BCUT2D eigenvalue weighted by atomic mass is 10.0. The minimum Gasteiger partial charge on any atom is -0.469 e. The van der Waals surface area contributed by atoms with Crippen molar-refractivity contribution in [3.8, 4) is 0 Å². The van der Waals surface area contributed by atoms with Gasteiger partial charge in [-0.3, -0.25) is 28.8 Å². The molecular weight excluding hydrogens is 871 g/mol. The molecule has 0 radical (unpaired) electrons. The fourth-order valence-electron chi connectivity index (χ4n) is 7.32. The van der Waals surface area contributed by atoms with Crippen LogP contribution in [0.4, 0.5) is 0 Å². The number of rotatable bonds is 46. The van der Waals surface area contributed by atoms with Gasteiger partial charge in [0.2, 0.25) is 11.8 Å². The fourth-order valence-corrected chi connectivity index (χ4v) is 7.32. The summed E-state index contributed by atoms with van der Waals surface area (Å²) in [7, 11) is 5.12. The van der Waals surface area contributed by atoms with Crippen LogP contribution in [0, 0.1) is 0 Å². The van der Waals surface area contributed by atoms with Crippen LogP contribution >= 0.6 is 0 Å². The quantitative estimate of drug-likeness (QED) is 0.0195. The van der Waals surface area contributed by atoms with Gasteiger partial charge in [0.05, 0.1) is 19.3 Å². The maximum atomic E-state index is 12.5. The van der Waals surface area contributed by atoms with Crippen LogP contribution in [0.5, 0.6) is 0 Å². The average molecular weight is 966 g/mol. The highest BCUT2D eigenvalue weighted by atomic mass is 16.6. The largest absolute Gasteiger partial charge is 0.469 e. The topological polar surface area (TPSA) is 207 Å². The third-order valence-corrected chi connectivity index (χ3v) is 11.6. The standard InChI is InChI=1S/C53H95N3O12/c1-6-8-22-32-46(67-52(63)38-28-36-50(61)65-5)44(57)30-24-18-14-10-12-16-20-26-34-48(59)54-40-41-55-49(60)35-27-21-17-13-11-15-19-25-31-45(58)47(33-23-9-7-2)68-53(64)39-29-37-51(62)66-43-42-56(3)4/h18-19,24-25,44-47,57-58H,6-17,20-23,26-43H2,1-5H3,(H,54,59)(H,55,60)/b24-18+,25-19+. The molecule has 0 aromatic rings. The molecule has 0 aliphatic heterocycles. The van der Waals surface area contributed by atoms with E-state index in [1.54, 1.807) is 0 Å². The van der Waals surface area contributed by atoms with E-state index in [-0.39, 0.29) is 49.4 Å². The van der Waals surface area contributed by atoms with E-state index in [1.165, 1.54) is 7.11 Å². The molecule has 0 aromatic heterocycles. The van der Waals surface area contributed by atoms with Crippen molar-refractivity contribution in [3.63, 3.8) is 0 Å². The zero-order valence-electron chi connectivity index (χ0n) is 43.1. The molecule has 4 unspecified atom stereocenters. The van der Waals surface area contributed by atoms with Gasteiger partial charge in [-0.05, 0) is 104 Å². The van der Waals surface area contributed by atoms with Gasteiger partial charge in [-0.1, -0.05) is 102 Å². The number of esters is 4. The molecule has 4 atom stereocenters. The van der Waals surface area contributed by atoms with E-state index >= 15 is 0 Å². The Kier molecular flexibility index (Phi) is 43.1. The highest BCUT2D eigenvalue weighted by Crippen LogP contribution is 2.18. The lowest BCUT2D eigenvalue weighted by Gasteiger charge is -2.22. The number of nitrogens with one attached hydrogen (secondary N) is 2. The van der Waals surface area contributed by atoms with E-state index in [2.05, 4.69) is 41.4 Å². The van der Waals surface area contributed by atoms with Crippen LogP contribution in [0.2, 0.25) is 0 Å². The second-order valence-electron chi connectivity index (χ2n) is 18.2. The summed E-state index contributed by atoms with van der Waals surface area (Å²) >= 11 is 0. The van der Waals surface area contributed by atoms with Gasteiger partial charge >= 0.3 is 23.9 Å². The second kappa shape index (κ2) is 45.6. The third-order valence-electron chi connectivity index (χ3n) is 11.6. The van der Waals surface area contributed by atoms with Crippen molar-refractivity contribution in [3.05, 3.63) is 24.3 Å². The maximum absolute atomic E-state index is 12.5. The Hall–Kier alpha value is -3.82. The maximum Gasteiger partial charge on any atom is 0.306 e. The van der Waals surface area contributed by atoms with Crippen molar-refractivity contribution < 1.29 is 57.9 Å². The Morgan fingerprint density at radius 1 is 0.500 bits per heavy atom. The molecule has 0 saturated carbocycles. The van der Waals surface area contributed by atoms with Crippen molar-refractivity contribution in [2.45, 2.75) is 231 Å². The number of likely N-dealkylation sites (N-methyl/N-ethyl adjacent to an activating group) is 1. The summed E-state index contributed by atoms with van der Waals surface area (Å²) in [5.41, 5.74) is 0. The number of nitrogens with zero attached hydrogens (tertiary/aromatic N) is 1. The summed E-state index contributed by atoms with van der Waals surface area (Å²) < 4.78 is 21.0. The zero-order valence-corrected chi connectivity index (χ0v) is 43.1. The van der Waals surface area contributed by atoms with E-state index in [0.29, 0.717) is 77.6 Å². The van der Waals surface area contributed by atoms with Crippen molar-refractivity contribution in [1.82, 2.24) is 15.5 Å². The SMILES string of the molecule is CCCCCC(OC(=O)CCCC(=O)OC)C(O)C/C=C/CCCCCCCC(=O)NCCNC(=O)CCCCCCC/C=C/CC(O)C(CCCCC)OC(=O)CCCC(=O)OCCN(C)C. The minimum absolute atomic E-state index is 0.000937. The van der Waals surface area contributed by atoms with E-state index in [0.717, 1.165) is 116 Å². The van der Waals surface area contributed by atoms with Crippen LogP contribution in [-0.2, 0) is 47.7 Å². The summed E-state index contributed by atoms with van der Waals surface area (Å²) in [6, 6.07) is 0. The van der Waals surface area contributed by atoms with Crippen molar-refractivity contribution >= 4 is 35.7 Å². The van der Waals surface area contributed by atoms with Crippen LogP contribution < -0.4 is 10.6 Å².